The minimum atomic E-state index is -0.372. The second-order valence-corrected chi connectivity index (χ2v) is 8.44. The van der Waals surface area contributed by atoms with Crippen molar-refractivity contribution in [1.29, 1.82) is 0 Å². The molecule has 1 aliphatic heterocycles. The first-order valence-electron chi connectivity index (χ1n) is 11.8. The number of carbonyl (C=O) groups is 2. The third-order valence-electron chi connectivity index (χ3n) is 6.01. The number of hydrogen-bond acceptors (Lipinski definition) is 5. The van der Waals surface area contributed by atoms with Crippen molar-refractivity contribution < 1.29 is 19.1 Å². The molecule has 2 amide bonds. The Hall–Kier alpha value is -4.53. The van der Waals surface area contributed by atoms with E-state index in [1.165, 1.54) is 0 Å². The van der Waals surface area contributed by atoms with Crippen molar-refractivity contribution in [3.05, 3.63) is 82.8 Å². The fraction of sp³-hybridized carbons (Fsp3) is 0.222. The molecule has 36 heavy (non-hydrogen) atoms. The van der Waals surface area contributed by atoms with Crippen LogP contribution in [0, 0.1) is 0 Å². The number of aromatic nitrogens is 2. The van der Waals surface area contributed by atoms with Gasteiger partial charge in [-0.3, -0.25) is 18.7 Å². The second kappa shape index (κ2) is 9.99. The summed E-state index contributed by atoms with van der Waals surface area (Å²) in [6, 6.07) is 19.5. The van der Waals surface area contributed by atoms with Crippen LogP contribution in [0.4, 0.5) is 11.4 Å². The van der Waals surface area contributed by atoms with Crippen LogP contribution in [0.3, 0.4) is 0 Å². The SMILES string of the molecule is CCCn1c(=O)n(CCC(=O)Nc2ccccc2C(=O)Nc2ccc3c(c2)OCO3)c2ccccc21. The highest BCUT2D eigenvalue weighted by molar-refractivity contribution is 6.10. The molecule has 1 aromatic heterocycles. The molecular formula is C27H26N4O5. The highest BCUT2D eigenvalue weighted by atomic mass is 16.7. The van der Waals surface area contributed by atoms with Gasteiger partial charge in [-0.25, -0.2) is 4.79 Å². The zero-order valence-corrected chi connectivity index (χ0v) is 19.8. The van der Waals surface area contributed by atoms with E-state index in [2.05, 4.69) is 10.6 Å². The number of imidazole rings is 1. The van der Waals surface area contributed by atoms with E-state index < -0.39 is 0 Å². The van der Waals surface area contributed by atoms with Gasteiger partial charge in [0.05, 0.1) is 22.3 Å². The molecule has 0 unspecified atom stereocenters. The van der Waals surface area contributed by atoms with Crippen LogP contribution >= 0.6 is 0 Å². The van der Waals surface area contributed by atoms with Gasteiger partial charge in [-0.2, -0.15) is 0 Å². The summed E-state index contributed by atoms with van der Waals surface area (Å²) < 4.78 is 14.0. The molecule has 0 aliphatic carbocycles. The van der Waals surface area contributed by atoms with Gasteiger partial charge in [0.2, 0.25) is 12.7 Å². The molecule has 0 radical (unpaired) electrons. The predicted molar refractivity (Wildman–Crippen MR) is 137 cm³/mol. The molecule has 0 fully saturated rings. The number of para-hydroxylation sites is 3. The van der Waals surface area contributed by atoms with E-state index in [1.54, 1.807) is 51.6 Å². The quantitative estimate of drug-likeness (QED) is 0.388. The van der Waals surface area contributed by atoms with Crippen LogP contribution in [0.1, 0.15) is 30.1 Å². The molecule has 4 aromatic rings. The van der Waals surface area contributed by atoms with Crippen LogP contribution in [0.5, 0.6) is 11.5 Å². The van der Waals surface area contributed by atoms with Crippen LogP contribution in [0.15, 0.2) is 71.5 Å². The van der Waals surface area contributed by atoms with Crippen molar-refractivity contribution in [2.24, 2.45) is 0 Å². The normalized spacial score (nSPS) is 12.0. The Bertz CT molecular complexity index is 1500. The fourth-order valence-corrected chi connectivity index (χ4v) is 4.32. The topological polar surface area (TPSA) is 104 Å². The molecular weight excluding hydrogens is 460 g/mol. The monoisotopic (exact) mass is 486 g/mol. The Balaban J connectivity index is 1.29. The van der Waals surface area contributed by atoms with Crippen molar-refractivity contribution in [2.45, 2.75) is 32.9 Å². The predicted octanol–water partition coefficient (Wildman–Crippen LogP) is 4.22. The molecule has 2 N–H and O–H groups in total. The van der Waals surface area contributed by atoms with Crippen molar-refractivity contribution in [3.63, 3.8) is 0 Å². The van der Waals surface area contributed by atoms with Gasteiger partial charge in [0.25, 0.3) is 5.91 Å². The molecule has 0 atom stereocenters. The number of ether oxygens (including phenoxy) is 2. The lowest BCUT2D eigenvalue weighted by Gasteiger charge is -2.12. The molecule has 3 aromatic carbocycles. The first kappa shape index (κ1) is 23.2. The van der Waals surface area contributed by atoms with Gasteiger partial charge >= 0.3 is 5.69 Å². The van der Waals surface area contributed by atoms with Gasteiger partial charge in [0.15, 0.2) is 11.5 Å². The minimum Gasteiger partial charge on any atom is -0.454 e. The Kier molecular flexibility index (Phi) is 6.44. The molecule has 5 rings (SSSR count). The Morgan fingerprint density at radius 3 is 2.33 bits per heavy atom. The van der Waals surface area contributed by atoms with E-state index in [-0.39, 0.29) is 37.3 Å². The molecule has 184 valence electrons. The number of nitrogens with zero attached hydrogens (tertiary/aromatic N) is 2. The molecule has 9 nitrogen and oxygen atoms in total. The Labute approximate surface area is 207 Å². The minimum absolute atomic E-state index is 0.0815. The van der Waals surface area contributed by atoms with E-state index in [1.807, 2.05) is 31.2 Å². The molecule has 9 heteroatoms. The van der Waals surface area contributed by atoms with Crippen LogP contribution < -0.4 is 25.8 Å². The second-order valence-electron chi connectivity index (χ2n) is 8.44. The van der Waals surface area contributed by atoms with E-state index in [0.29, 0.717) is 35.0 Å². The maximum Gasteiger partial charge on any atom is 0.329 e. The number of benzene rings is 3. The third-order valence-corrected chi connectivity index (χ3v) is 6.01. The van der Waals surface area contributed by atoms with E-state index in [0.717, 1.165) is 17.5 Å². The molecule has 2 heterocycles. The van der Waals surface area contributed by atoms with Crippen LogP contribution in [0.25, 0.3) is 11.0 Å². The van der Waals surface area contributed by atoms with E-state index >= 15 is 0 Å². The first-order chi connectivity index (χ1) is 17.5. The van der Waals surface area contributed by atoms with Crippen LogP contribution in [0.2, 0.25) is 0 Å². The van der Waals surface area contributed by atoms with Crippen molar-refractivity contribution in [2.75, 3.05) is 17.4 Å². The molecule has 0 saturated carbocycles. The lowest BCUT2D eigenvalue weighted by Crippen LogP contribution is -2.26. The number of anilines is 2. The van der Waals surface area contributed by atoms with E-state index in [9.17, 15) is 14.4 Å². The fourth-order valence-electron chi connectivity index (χ4n) is 4.32. The number of nitrogens with one attached hydrogen (secondary N) is 2. The summed E-state index contributed by atoms with van der Waals surface area (Å²) in [6.45, 7) is 3.01. The number of hydrogen-bond donors (Lipinski definition) is 2. The average Bonchev–Trinajstić information content (AvgIpc) is 3.45. The summed E-state index contributed by atoms with van der Waals surface area (Å²) in [7, 11) is 0. The van der Waals surface area contributed by atoms with Gasteiger partial charge in [0, 0.05) is 31.3 Å². The van der Waals surface area contributed by atoms with Crippen molar-refractivity contribution >= 4 is 34.2 Å². The van der Waals surface area contributed by atoms with Crippen LogP contribution in [-0.4, -0.2) is 27.7 Å². The Morgan fingerprint density at radius 1 is 0.861 bits per heavy atom. The smallest absolute Gasteiger partial charge is 0.329 e. The summed E-state index contributed by atoms with van der Waals surface area (Å²) in [6.07, 6.45) is 0.914. The van der Waals surface area contributed by atoms with Gasteiger partial charge in [0.1, 0.15) is 0 Å². The zero-order valence-electron chi connectivity index (χ0n) is 19.8. The third kappa shape index (κ3) is 4.55. The zero-order chi connectivity index (χ0) is 25.1. The van der Waals surface area contributed by atoms with E-state index in [4.69, 9.17) is 9.47 Å². The summed E-state index contributed by atoms with van der Waals surface area (Å²) in [5.74, 6) is 0.517. The van der Waals surface area contributed by atoms with Crippen molar-refractivity contribution in [3.8, 4) is 11.5 Å². The molecule has 1 aliphatic rings. The van der Waals surface area contributed by atoms with Gasteiger partial charge < -0.3 is 20.1 Å². The first-order valence-corrected chi connectivity index (χ1v) is 11.8. The highest BCUT2D eigenvalue weighted by Gasteiger charge is 2.18. The lowest BCUT2D eigenvalue weighted by molar-refractivity contribution is -0.116. The maximum absolute atomic E-state index is 13.0. The number of amides is 2. The summed E-state index contributed by atoms with van der Waals surface area (Å²) in [5.41, 5.74) is 2.78. The van der Waals surface area contributed by atoms with Gasteiger partial charge in [-0.1, -0.05) is 31.2 Å². The van der Waals surface area contributed by atoms with Gasteiger partial charge in [-0.15, -0.1) is 0 Å². The summed E-state index contributed by atoms with van der Waals surface area (Å²) in [4.78, 5) is 38.8. The number of rotatable bonds is 8. The summed E-state index contributed by atoms with van der Waals surface area (Å²) in [5, 5.41) is 5.65. The lowest BCUT2D eigenvalue weighted by atomic mass is 10.1. The molecule has 0 spiro atoms. The molecule has 0 bridgehead atoms. The highest BCUT2D eigenvalue weighted by Crippen LogP contribution is 2.34. The number of fused-ring (bicyclic) bond motifs is 2. The average molecular weight is 487 g/mol. The standard InChI is InChI=1S/C27H26N4O5/c1-2-14-30-21-9-5-6-10-22(21)31(27(30)34)15-13-25(32)29-20-8-4-3-7-19(20)26(33)28-18-11-12-23-24(16-18)36-17-35-23/h3-12,16H,2,13-15,17H2,1H3,(H,28,33)(H,29,32). The molecule has 0 saturated heterocycles. The number of aryl methyl sites for hydroxylation is 2. The van der Waals surface area contributed by atoms with Crippen molar-refractivity contribution in [1.82, 2.24) is 9.13 Å². The number of carbonyl (C=O) groups excluding carboxylic acids is 2. The Morgan fingerprint density at radius 2 is 1.56 bits per heavy atom. The van der Waals surface area contributed by atoms with Gasteiger partial charge in [-0.05, 0) is 42.8 Å². The van der Waals surface area contributed by atoms with Crippen LogP contribution in [-0.2, 0) is 17.9 Å². The largest absolute Gasteiger partial charge is 0.454 e. The maximum atomic E-state index is 13.0. The summed E-state index contributed by atoms with van der Waals surface area (Å²) >= 11 is 0.